The fourth-order valence-corrected chi connectivity index (χ4v) is 3.43. The van der Waals surface area contributed by atoms with Gasteiger partial charge in [-0.25, -0.2) is 0 Å². The summed E-state index contributed by atoms with van der Waals surface area (Å²) in [5.74, 6) is -0.986. The average Bonchev–Trinajstić information content (AvgIpc) is 2.73. The van der Waals surface area contributed by atoms with Crippen LogP contribution in [0.3, 0.4) is 0 Å². The van der Waals surface area contributed by atoms with Crippen LogP contribution in [0.15, 0.2) is 35.5 Å². The lowest BCUT2D eigenvalue weighted by Gasteiger charge is -2.35. The number of hydrogen-bond donors (Lipinski definition) is 2. The molecule has 0 bridgehead atoms. The number of fused-ring (bicyclic) bond motifs is 1. The molecule has 1 aromatic carbocycles. The first-order valence-electron chi connectivity index (χ1n) is 7.81. The van der Waals surface area contributed by atoms with Gasteiger partial charge in [-0.1, -0.05) is 24.3 Å². The van der Waals surface area contributed by atoms with Crippen LogP contribution in [0.1, 0.15) is 41.0 Å². The van der Waals surface area contributed by atoms with Gasteiger partial charge in [0.15, 0.2) is 5.78 Å². The van der Waals surface area contributed by atoms with Gasteiger partial charge >= 0.3 is 0 Å². The molecule has 1 heterocycles. The number of aliphatic hydroxyl groups excluding tert-OH is 1. The van der Waals surface area contributed by atoms with Crippen molar-refractivity contribution in [3.05, 3.63) is 46.7 Å². The molecule has 0 radical (unpaired) electrons. The Bertz CT molecular complexity index is 750. The minimum atomic E-state index is -0.967. The highest BCUT2D eigenvalue weighted by atomic mass is 16.5. The molecule has 1 aliphatic heterocycles. The van der Waals surface area contributed by atoms with E-state index in [9.17, 15) is 19.5 Å². The maximum Gasteiger partial charge on any atom is 0.293 e. The van der Waals surface area contributed by atoms with Crippen LogP contribution in [0.2, 0.25) is 0 Å². The predicted octanol–water partition coefficient (Wildman–Crippen LogP) is 1.24. The third kappa shape index (κ3) is 2.53. The molecule has 0 saturated carbocycles. The van der Waals surface area contributed by atoms with Gasteiger partial charge in [-0.3, -0.25) is 14.4 Å². The van der Waals surface area contributed by atoms with E-state index in [-0.39, 0.29) is 30.2 Å². The number of carbonyl (C=O) groups excluding carboxylic acids is 3. The van der Waals surface area contributed by atoms with Crippen molar-refractivity contribution in [1.29, 1.82) is 0 Å². The number of hydrogen-bond acceptors (Lipinski definition) is 6. The van der Waals surface area contributed by atoms with Crippen LogP contribution in [0, 0.1) is 5.92 Å². The predicted molar refractivity (Wildman–Crippen MR) is 85.5 cm³/mol. The van der Waals surface area contributed by atoms with Gasteiger partial charge in [-0.15, -0.1) is 0 Å². The first kappa shape index (κ1) is 16.4. The first-order chi connectivity index (χ1) is 11.4. The number of ether oxygens (including phenoxy) is 1. The Labute approximate surface area is 139 Å². The van der Waals surface area contributed by atoms with Gasteiger partial charge in [0.2, 0.25) is 5.78 Å². The smallest absolute Gasteiger partial charge is 0.293 e. The van der Waals surface area contributed by atoms with Gasteiger partial charge in [0.1, 0.15) is 5.60 Å². The second-order valence-electron chi connectivity index (χ2n) is 6.63. The van der Waals surface area contributed by atoms with E-state index >= 15 is 0 Å². The SMILES string of the molecule is CC(C)(OC=O)[C@H]1CC2=C(NC[C@H]1O)C(=O)c1ccccc1C2=O. The zero-order chi connectivity index (χ0) is 17.5. The second kappa shape index (κ2) is 5.87. The van der Waals surface area contributed by atoms with Crippen LogP contribution >= 0.6 is 0 Å². The van der Waals surface area contributed by atoms with E-state index in [2.05, 4.69) is 5.32 Å². The van der Waals surface area contributed by atoms with Crippen molar-refractivity contribution >= 4 is 18.0 Å². The van der Waals surface area contributed by atoms with Gasteiger partial charge in [0.25, 0.3) is 6.47 Å². The summed E-state index contributed by atoms with van der Waals surface area (Å²) >= 11 is 0. The third-order valence-corrected chi connectivity index (χ3v) is 4.84. The summed E-state index contributed by atoms with van der Waals surface area (Å²) in [7, 11) is 0. The standard InChI is InChI=1S/C18H19NO5/c1-18(2,24-9-20)13-7-12-15(19-8-14(13)21)17(23)11-6-4-3-5-10(11)16(12)22/h3-6,9,13-14,19,21H,7-8H2,1-2H3/t13-,14+/m0/s1. The van der Waals surface area contributed by atoms with E-state index in [0.717, 1.165) is 0 Å². The molecular formula is C18H19NO5. The molecule has 6 heteroatoms. The van der Waals surface area contributed by atoms with E-state index in [4.69, 9.17) is 4.74 Å². The van der Waals surface area contributed by atoms with Crippen molar-refractivity contribution in [2.75, 3.05) is 6.54 Å². The molecule has 1 aliphatic carbocycles. The van der Waals surface area contributed by atoms with Crippen molar-refractivity contribution in [1.82, 2.24) is 5.32 Å². The highest BCUT2D eigenvalue weighted by Crippen LogP contribution is 2.36. The van der Waals surface area contributed by atoms with Gasteiger partial charge in [0, 0.05) is 29.2 Å². The van der Waals surface area contributed by atoms with Crippen LogP contribution in [-0.2, 0) is 9.53 Å². The molecule has 0 saturated heterocycles. The minimum absolute atomic E-state index is 0.107. The van der Waals surface area contributed by atoms with Gasteiger partial charge < -0.3 is 15.2 Å². The van der Waals surface area contributed by atoms with E-state index in [1.54, 1.807) is 38.1 Å². The lowest BCUT2D eigenvalue weighted by Crippen LogP contribution is -2.44. The van der Waals surface area contributed by atoms with Crippen molar-refractivity contribution in [3.8, 4) is 0 Å². The van der Waals surface area contributed by atoms with Gasteiger partial charge in [-0.2, -0.15) is 0 Å². The largest absolute Gasteiger partial charge is 0.461 e. The number of aliphatic hydroxyl groups is 1. The Morgan fingerprint density at radius 2 is 1.83 bits per heavy atom. The normalized spacial score (nSPS) is 23.8. The van der Waals surface area contributed by atoms with Crippen LogP contribution in [0.25, 0.3) is 0 Å². The lowest BCUT2D eigenvalue weighted by molar-refractivity contribution is -0.150. The molecule has 24 heavy (non-hydrogen) atoms. The van der Waals surface area contributed by atoms with E-state index in [1.807, 2.05) is 0 Å². The zero-order valence-electron chi connectivity index (χ0n) is 13.5. The summed E-state index contributed by atoms with van der Waals surface area (Å²) in [6.07, 6.45) is -0.710. The summed E-state index contributed by atoms with van der Waals surface area (Å²) in [5, 5.41) is 13.4. The number of benzene rings is 1. The summed E-state index contributed by atoms with van der Waals surface area (Å²) in [4.78, 5) is 36.3. The minimum Gasteiger partial charge on any atom is -0.461 e. The fraction of sp³-hybridized carbons (Fsp3) is 0.389. The Kier molecular flexibility index (Phi) is 4.01. The molecule has 0 spiro atoms. The summed E-state index contributed by atoms with van der Waals surface area (Å²) in [6, 6.07) is 6.68. The second-order valence-corrected chi connectivity index (χ2v) is 6.63. The van der Waals surface area contributed by atoms with Crippen LogP contribution in [0.5, 0.6) is 0 Å². The van der Waals surface area contributed by atoms with Crippen LogP contribution < -0.4 is 5.32 Å². The molecule has 2 N–H and O–H groups in total. The van der Waals surface area contributed by atoms with E-state index in [1.165, 1.54) is 0 Å². The number of rotatable bonds is 3. The molecule has 2 aliphatic rings. The molecular weight excluding hydrogens is 310 g/mol. The molecule has 1 aromatic rings. The molecule has 0 aromatic heterocycles. The summed E-state index contributed by atoms with van der Waals surface area (Å²) < 4.78 is 5.12. The summed E-state index contributed by atoms with van der Waals surface area (Å²) in [6.45, 7) is 3.81. The topological polar surface area (TPSA) is 92.7 Å². The van der Waals surface area contributed by atoms with E-state index in [0.29, 0.717) is 23.2 Å². The Morgan fingerprint density at radius 3 is 2.46 bits per heavy atom. The Hall–Kier alpha value is -2.47. The van der Waals surface area contributed by atoms with Gasteiger partial charge in [-0.05, 0) is 20.3 Å². The number of allylic oxidation sites excluding steroid dienone is 2. The molecule has 6 nitrogen and oxygen atoms in total. The van der Waals surface area contributed by atoms with Crippen LogP contribution in [0.4, 0.5) is 0 Å². The molecule has 3 rings (SSSR count). The molecule has 2 atom stereocenters. The zero-order valence-corrected chi connectivity index (χ0v) is 13.5. The molecule has 0 fully saturated rings. The molecule has 126 valence electrons. The van der Waals surface area contributed by atoms with E-state index < -0.39 is 17.6 Å². The van der Waals surface area contributed by atoms with Crippen LogP contribution in [-0.4, -0.2) is 41.4 Å². The Morgan fingerprint density at radius 1 is 1.21 bits per heavy atom. The van der Waals surface area contributed by atoms with Crippen molar-refractivity contribution < 1.29 is 24.2 Å². The van der Waals surface area contributed by atoms with Crippen molar-refractivity contribution in [2.24, 2.45) is 5.92 Å². The highest BCUT2D eigenvalue weighted by molar-refractivity contribution is 6.26. The monoisotopic (exact) mass is 329 g/mol. The van der Waals surface area contributed by atoms with Crippen molar-refractivity contribution in [2.45, 2.75) is 32.0 Å². The summed E-state index contributed by atoms with van der Waals surface area (Å²) in [5.41, 5.74) is 0.341. The number of nitrogens with one attached hydrogen (secondary N) is 1. The van der Waals surface area contributed by atoms with Gasteiger partial charge in [0.05, 0.1) is 11.8 Å². The number of ketones is 2. The fourth-order valence-electron chi connectivity index (χ4n) is 3.43. The number of carbonyl (C=O) groups is 3. The number of β-amino-alcohol motifs (C(OH)–C–C–N with tert-alkyl or cyclic N) is 1. The average molecular weight is 329 g/mol. The number of Topliss-reactive ketones (excluding diaryl/α,β-unsaturated/α-hetero) is 2. The maximum atomic E-state index is 12.8. The quantitative estimate of drug-likeness (QED) is 0.811. The highest BCUT2D eigenvalue weighted by Gasteiger charge is 2.43. The molecule has 0 unspecified atom stereocenters. The van der Waals surface area contributed by atoms with Crippen molar-refractivity contribution in [3.63, 3.8) is 0 Å². The maximum absolute atomic E-state index is 12.8. The molecule has 0 amide bonds. The third-order valence-electron chi connectivity index (χ3n) is 4.84. The first-order valence-corrected chi connectivity index (χ1v) is 7.81. The Balaban J connectivity index is 2.04. The lowest BCUT2D eigenvalue weighted by atomic mass is 9.78.